The van der Waals surface area contributed by atoms with Gasteiger partial charge in [-0.05, 0) is 78.4 Å². The number of pyridine rings is 1. The molecule has 3 N–H and O–H groups in total. The highest BCUT2D eigenvalue weighted by atomic mass is 19.4. The van der Waals surface area contributed by atoms with Crippen LogP contribution < -0.4 is 15.5 Å². The average molecular weight is 707 g/mol. The number of halogens is 9. The Labute approximate surface area is 274 Å². The van der Waals surface area contributed by atoms with Crippen molar-refractivity contribution in [1.82, 2.24) is 4.98 Å². The second-order valence-electron chi connectivity index (χ2n) is 11.8. The number of amides is 1. The van der Waals surface area contributed by atoms with E-state index in [0.29, 0.717) is 23.9 Å². The zero-order valence-electron chi connectivity index (χ0n) is 26.2. The van der Waals surface area contributed by atoms with E-state index < -0.39 is 78.3 Å². The van der Waals surface area contributed by atoms with Crippen LogP contribution in [0.2, 0.25) is 0 Å². The van der Waals surface area contributed by atoms with Crippen molar-refractivity contribution in [1.29, 1.82) is 0 Å². The molecule has 1 amide bonds. The molecule has 2 heterocycles. The minimum Gasteiger partial charge on any atom is -0.481 e. The number of carbonyl (C=O) groups excluding carboxylic acids is 1. The first-order chi connectivity index (χ1) is 22.5. The maximum absolute atomic E-state index is 14.0. The Balaban J connectivity index is 1.95. The lowest BCUT2D eigenvalue weighted by molar-refractivity contribution is -0.143. The van der Waals surface area contributed by atoms with Crippen molar-refractivity contribution in [3.05, 3.63) is 87.7 Å². The lowest BCUT2D eigenvalue weighted by Crippen LogP contribution is -2.61. The molecule has 1 aliphatic heterocycles. The predicted molar refractivity (Wildman–Crippen MR) is 159 cm³/mol. The van der Waals surface area contributed by atoms with Gasteiger partial charge in [-0.25, -0.2) is 4.79 Å². The summed E-state index contributed by atoms with van der Waals surface area (Å²) in [5.41, 5.74) is 0.710. The van der Waals surface area contributed by atoms with Crippen LogP contribution in [0.1, 0.15) is 71.2 Å². The summed E-state index contributed by atoms with van der Waals surface area (Å²) in [6.07, 6.45) is -16.3. The first kappa shape index (κ1) is 37.3. The van der Waals surface area contributed by atoms with Crippen molar-refractivity contribution in [2.75, 3.05) is 30.5 Å². The Morgan fingerprint density at radius 1 is 0.959 bits per heavy atom. The van der Waals surface area contributed by atoms with Crippen molar-refractivity contribution >= 4 is 23.4 Å². The smallest absolute Gasteiger partial charge is 0.416 e. The highest BCUT2D eigenvalue weighted by Crippen LogP contribution is 2.49. The van der Waals surface area contributed by atoms with E-state index >= 15 is 0 Å². The lowest BCUT2D eigenvalue weighted by Gasteiger charge is -2.47. The number of fused-ring (bicyclic) bond motifs is 1. The Morgan fingerprint density at radius 3 is 2.06 bits per heavy atom. The van der Waals surface area contributed by atoms with Gasteiger partial charge < -0.3 is 20.5 Å². The number of ether oxygens (including phenoxy) is 1. The number of anilines is 2. The van der Waals surface area contributed by atoms with Crippen LogP contribution in [-0.2, 0) is 34.5 Å². The number of carboxylic acid groups (broad SMARTS) is 1. The highest BCUT2D eigenvalue weighted by molar-refractivity contribution is 5.91. The van der Waals surface area contributed by atoms with E-state index in [4.69, 9.17) is 15.6 Å². The van der Waals surface area contributed by atoms with Crippen LogP contribution in [0, 0.1) is 0 Å². The quantitative estimate of drug-likeness (QED) is 0.230. The number of hydrogen-bond acceptors (Lipinski definition) is 6. The molecule has 0 aliphatic carbocycles. The van der Waals surface area contributed by atoms with Crippen LogP contribution in [0.15, 0.2) is 48.7 Å². The topological polar surface area (TPSA) is 109 Å². The summed E-state index contributed by atoms with van der Waals surface area (Å²) in [4.78, 5) is 31.2. The summed E-state index contributed by atoms with van der Waals surface area (Å²) in [6.45, 7) is 1.01. The van der Waals surface area contributed by atoms with Crippen LogP contribution >= 0.6 is 0 Å². The van der Waals surface area contributed by atoms with Gasteiger partial charge in [-0.2, -0.15) is 39.5 Å². The van der Waals surface area contributed by atoms with E-state index in [9.17, 15) is 49.1 Å². The zero-order valence-corrected chi connectivity index (χ0v) is 26.2. The maximum Gasteiger partial charge on any atom is 0.416 e. The number of alkyl halides is 9. The molecule has 1 aliphatic rings. The largest absolute Gasteiger partial charge is 0.481 e. The van der Waals surface area contributed by atoms with Crippen molar-refractivity contribution in [2.24, 2.45) is 5.73 Å². The van der Waals surface area contributed by atoms with Gasteiger partial charge in [0.15, 0.2) is 0 Å². The van der Waals surface area contributed by atoms with E-state index in [2.05, 4.69) is 4.98 Å². The summed E-state index contributed by atoms with van der Waals surface area (Å²) in [7, 11) is 3.21. The molecule has 0 saturated heterocycles. The molecule has 0 saturated carbocycles. The summed E-state index contributed by atoms with van der Waals surface area (Å²) >= 11 is 0. The van der Waals surface area contributed by atoms with Gasteiger partial charge in [0, 0.05) is 20.0 Å². The number of carbonyl (C=O) groups is 2. The zero-order chi connectivity index (χ0) is 36.7. The first-order valence-corrected chi connectivity index (χ1v) is 14.7. The lowest BCUT2D eigenvalue weighted by atomic mass is 9.77. The van der Waals surface area contributed by atoms with Crippen molar-refractivity contribution < 1.29 is 58.9 Å². The second-order valence-corrected chi connectivity index (χ2v) is 11.8. The van der Waals surface area contributed by atoms with Gasteiger partial charge >= 0.3 is 30.6 Å². The Bertz CT molecular complexity index is 1690. The summed E-state index contributed by atoms with van der Waals surface area (Å²) < 4.78 is 129. The summed E-state index contributed by atoms with van der Waals surface area (Å²) in [5, 5.41) is 8.95. The molecule has 2 aromatic carbocycles. The summed E-state index contributed by atoms with van der Waals surface area (Å²) in [6, 6.07) is 5.04. The number of benzene rings is 2. The Kier molecular flexibility index (Phi) is 10.2. The number of nitrogens with zero attached hydrogens (tertiary/aromatic N) is 3. The fourth-order valence-electron chi connectivity index (χ4n) is 5.67. The second kappa shape index (κ2) is 13.4. The van der Waals surface area contributed by atoms with Crippen LogP contribution in [0.5, 0.6) is 0 Å². The third-order valence-corrected chi connectivity index (χ3v) is 8.19. The minimum atomic E-state index is -5.12. The number of carboxylic acids is 1. The molecule has 0 fully saturated rings. The van der Waals surface area contributed by atoms with Gasteiger partial charge in [-0.15, -0.1) is 0 Å². The monoisotopic (exact) mass is 706 g/mol. The molecular weight excluding hydrogens is 675 g/mol. The highest BCUT2D eigenvalue weighted by Gasteiger charge is 2.47. The number of rotatable bonds is 8. The standard InChI is InChI=1S/C32H31F9N4O4/c1-4-29(42)15-24(23-14-19(30(33,34)35)5-6-25(23)45(29)28(48)49-8-7-26(46)47)27-18(12-22(16-43-27)44(2)3)9-17-10-20(31(36,37)38)13-21(11-17)32(39,40)41/h5-6,10-14,16,24H,4,7-9,15,42H2,1-3H3,(H,46,47)/t24-,29+/m0/s1. The minimum absolute atomic E-state index is 0.00826. The molecule has 1 aromatic heterocycles. The van der Waals surface area contributed by atoms with Gasteiger partial charge in [0.2, 0.25) is 0 Å². The Hall–Kier alpha value is -4.54. The fraction of sp³-hybridized carbons (Fsp3) is 0.406. The number of hydrogen-bond donors (Lipinski definition) is 2. The van der Waals surface area contributed by atoms with Crippen LogP contribution in [-0.4, -0.2) is 48.5 Å². The van der Waals surface area contributed by atoms with Gasteiger partial charge in [-0.3, -0.25) is 14.7 Å². The number of aromatic nitrogens is 1. The third kappa shape index (κ3) is 8.20. The molecule has 0 bridgehead atoms. The van der Waals surface area contributed by atoms with E-state index in [1.807, 2.05) is 0 Å². The van der Waals surface area contributed by atoms with Crippen LogP contribution in [0.25, 0.3) is 0 Å². The normalized spacial score (nSPS) is 18.2. The van der Waals surface area contributed by atoms with Gasteiger partial charge in [0.1, 0.15) is 12.3 Å². The molecule has 49 heavy (non-hydrogen) atoms. The Morgan fingerprint density at radius 2 is 1.55 bits per heavy atom. The third-order valence-electron chi connectivity index (χ3n) is 8.19. The SMILES string of the molecule is CC[C@]1(N)C[C@H](c2ncc(N(C)C)cc2Cc2cc(C(F)(F)F)cc(C(F)(F)F)c2)c2cc(C(F)(F)F)ccc2N1C(=O)OCCC(=O)O. The molecule has 8 nitrogen and oxygen atoms in total. The van der Waals surface area contributed by atoms with Gasteiger partial charge in [-0.1, -0.05) is 6.92 Å². The van der Waals surface area contributed by atoms with Crippen LogP contribution in [0.3, 0.4) is 0 Å². The van der Waals surface area contributed by atoms with Crippen LogP contribution in [0.4, 0.5) is 55.7 Å². The van der Waals surface area contributed by atoms with E-state index in [-0.39, 0.29) is 47.0 Å². The van der Waals surface area contributed by atoms with Gasteiger partial charge in [0.05, 0.1) is 46.4 Å². The molecule has 2 atom stereocenters. The number of nitrogens with two attached hydrogens (primary N) is 1. The van der Waals surface area contributed by atoms with Crippen molar-refractivity contribution in [2.45, 2.75) is 62.7 Å². The predicted octanol–water partition coefficient (Wildman–Crippen LogP) is 7.81. The van der Waals surface area contributed by atoms with E-state index in [1.54, 1.807) is 25.9 Å². The molecule has 266 valence electrons. The summed E-state index contributed by atoms with van der Waals surface area (Å²) in [5.74, 6) is -2.43. The molecule has 0 radical (unpaired) electrons. The van der Waals surface area contributed by atoms with E-state index in [0.717, 1.165) is 17.0 Å². The average Bonchev–Trinajstić information content (AvgIpc) is 2.98. The van der Waals surface area contributed by atoms with Crippen molar-refractivity contribution in [3.63, 3.8) is 0 Å². The molecular formula is C32H31F9N4O4. The number of aliphatic carboxylic acids is 1. The molecule has 0 spiro atoms. The molecule has 0 unspecified atom stereocenters. The first-order valence-electron chi connectivity index (χ1n) is 14.7. The van der Waals surface area contributed by atoms with Crippen molar-refractivity contribution in [3.8, 4) is 0 Å². The fourth-order valence-corrected chi connectivity index (χ4v) is 5.67. The maximum atomic E-state index is 14.0. The van der Waals surface area contributed by atoms with Gasteiger partial charge in [0.25, 0.3) is 0 Å². The molecule has 4 rings (SSSR count). The van der Waals surface area contributed by atoms with E-state index in [1.165, 1.54) is 12.3 Å². The molecule has 3 aromatic rings. The molecule has 17 heteroatoms.